The minimum absolute atomic E-state index is 0.229. The van der Waals surface area contributed by atoms with Crippen LogP contribution in [0, 0.1) is 0 Å². The van der Waals surface area contributed by atoms with Crippen molar-refractivity contribution in [3.05, 3.63) is 32.2 Å². The van der Waals surface area contributed by atoms with E-state index in [9.17, 15) is 9.59 Å². The second-order valence-electron chi connectivity index (χ2n) is 4.90. The number of amides is 1. The van der Waals surface area contributed by atoms with E-state index in [-0.39, 0.29) is 30.1 Å². The van der Waals surface area contributed by atoms with Gasteiger partial charge in [0.15, 0.2) is 0 Å². The van der Waals surface area contributed by atoms with Gasteiger partial charge < -0.3 is 14.7 Å². The lowest BCUT2D eigenvalue weighted by Gasteiger charge is -2.37. The number of carboxylic acid groups (broad SMARTS) is 1. The SMILES string of the molecule is COc1cc(Br)c(Cl)c2ncn(C3CN(C(=O)O)C3)c(=O)c12. The third kappa shape index (κ3) is 2.22. The third-order valence-corrected chi connectivity index (χ3v) is 4.90. The van der Waals surface area contributed by atoms with Gasteiger partial charge in [0.1, 0.15) is 16.7 Å². The fourth-order valence-electron chi connectivity index (χ4n) is 2.43. The molecule has 0 unspecified atom stereocenters. The van der Waals surface area contributed by atoms with Gasteiger partial charge in [-0.2, -0.15) is 0 Å². The molecule has 1 saturated heterocycles. The Bertz CT molecular complexity index is 832. The van der Waals surface area contributed by atoms with Gasteiger partial charge in [0.05, 0.1) is 24.5 Å². The van der Waals surface area contributed by atoms with E-state index in [4.69, 9.17) is 21.4 Å². The highest BCUT2D eigenvalue weighted by Crippen LogP contribution is 2.35. The van der Waals surface area contributed by atoms with Crippen molar-refractivity contribution in [1.29, 1.82) is 0 Å². The molecular formula is C13H11BrClN3O4. The van der Waals surface area contributed by atoms with Crippen LogP contribution in [0.2, 0.25) is 5.02 Å². The van der Waals surface area contributed by atoms with Gasteiger partial charge in [-0.05, 0) is 22.0 Å². The lowest BCUT2D eigenvalue weighted by atomic mass is 10.1. The second-order valence-corrected chi connectivity index (χ2v) is 6.13. The van der Waals surface area contributed by atoms with E-state index in [1.165, 1.54) is 22.9 Å². The third-order valence-electron chi connectivity index (χ3n) is 3.66. The Hall–Kier alpha value is -1.80. The molecule has 7 nitrogen and oxygen atoms in total. The molecule has 2 aromatic rings. The smallest absolute Gasteiger partial charge is 0.407 e. The number of likely N-dealkylation sites (tertiary alicyclic amines) is 1. The highest BCUT2D eigenvalue weighted by molar-refractivity contribution is 9.10. The molecule has 0 aliphatic carbocycles. The lowest BCUT2D eigenvalue weighted by Crippen LogP contribution is -2.52. The Morgan fingerprint density at radius 1 is 1.55 bits per heavy atom. The second kappa shape index (κ2) is 5.44. The van der Waals surface area contributed by atoms with E-state index >= 15 is 0 Å². The molecular weight excluding hydrogens is 378 g/mol. The van der Waals surface area contributed by atoms with Crippen LogP contribution >= 0.6 is 27.5 Å². The van der Waals surface area contributed by atoms with Gasteiger partial charge in [-0.1, -0.05) is 11.6 Å². The molecule has 1 amide bonds. The van der Waals surface area contributed by atoms with E-state index in [1.807, 2.05) is 0 Å². The van der Waals surface area contributed by atoms with Gasteiger partial charge >= 0.3 is 6.09 Å². The first-order chi connectivity index (χ1) is 10.4. The summed E-state index contributed by atoms with van der Waals surface area (Å²) in [5.74, 6) is 0.368. The summed E-state index contributed by atoms with van der Waals surface area (Å²) in [5.41, 5.74) is 0.0508. The van der Waals surface area contributed by atoms with Gasteiger partial charge in [-0.3, -0.25) is 9.36 Å². The predicted molar refractivity (Wildman–Crippen MR) is 83.9 cm³/mol. The minimum atomic E-state index is -0.998. The zero-order chi connectivity index (χ0) is 16.0. The molecule has 9 heteroatoms. The molecule has 22 heavy (non-hydrogen) atoms. The average Bonchev–Trinajstić information content (AvgIpc) is 2.42. The molecule has 1 aromatic carbocycles. The summed E-state index contributed by atoms with van der Waals surface area (Å²) >= 11 is 9.47. The standard InChI is InChI=1S/C13H11BrClN3O4/c1-22-8-2-7(14)10(15)11-9(8)12(19)18(5-16-11)6-3-17(4-6)13(20)21/h2,5-6H,3-4H2,1H3,(H,20,21). The van der Waals surface area contributed by atoms with Gasteiger partial charge in [0, 0.05) is 17.6 Å². The van der Waals surface area contributed by atoms with Gasteiger partial charge in [0.2, 0.25) is 0 Å². The van der Waals surface area contributed by atoms with Crippen LogP contribution in [0.3, 0.4) is 0 Å². The highest BCUT2D eigenvalue weighted by atomic mass is 79.9. The van der Waals surface area contributed by atoms with Crippen LogP contribution in [0.5, 0.6) is 5.75 Å². The predicted octanol–water partition coefficient (Wildman–Crippen LogP) is 2.36. The Morgan fingerprint density at radius 3 is 2.82 bits per heavy atom. The van der Waals surface area contributed by atoms with Crippen molar-refractivity contribution in [3.8, 4) is 5.75 Å². The Morgan fingerprint density at radius 2 is 2.23 bits per heavy atom. The summed E-state index contributed by atoms with van der Waals surface area (Å²) in [6.07, 6.45) is 0.398. The maximum Gasteiger partial charge on any atom is 0.407 e. The summed E-state index contributed by atoms with van der Waals surface area (Å²) in [6.45, 7) is 0.518. The molecule has 1 N–H and O–H groups in total. The number of aromatic nitrogens is 2. The molecule has 116 valence electrons. The number of nitrogens with zero attached hydrogens (tertiary/aromatic N) is 3. The van der Waals surface area contributed by atoms with E-state index < -0.39 is 6.09 Å². The molecule has 0 radical (unpaired) electrons. The molecule has 3 rings (SSSR count). The van der Waals surface area contributed by atoms with Crippen LogP contribution in [-0.2, 0) is 0 Å². The topological polar surface area (TPSA) is 84.7 Å². The number of fused-ring (bicyclic) bond motifs is 1. The number of hydrogen-bond acceptors (Lipinski definition) is 4. The van der Waals surface area contributed by atoms with Crippen molar-refractivity contribution in [2.24, 2.45) is 0 Å². The number of halogens is 2. The van der Waals surface area contributed by atoms with Crippen LogP contribution in [0.4, 0.5) is 4.79 Å². The number of rotatable bonds is 2. The van der Waals surface area contributed by atoms with Gasteiger partial charge in [0.25, 0.3) is 5.56 Å². The Labute approximate surface area is 138 Å². The first kappa shape index (κ1) is 15.1. The summed E-state index contributed by atoms with van der Waals surface area (Å²) in [4.78, 5) is 29.0. The van der Waals surface area contributed by atoms with E-state index in [2.05, 4.69) is 20.9 Å². The fourth-order valence-corrected chi connectivity index (χ4v) is 3.02. The number of hydrogen-bond donors (Lipinski definition) is 1. The van der Waals surface area contributed by atoms with E-state index in [0.717, 1.165) is 0 Å². The van der Waals surface area contributed by atoms with Crippen molar-refractivity contribution < 1.29 is 14.6 Å². The van der Waals surface area contributed by atoms with Crippen molar-refractivity contribution in [2.75, 3.05) is 20.2 Å². The van der Waals surface area contributed by atoms with Crippen LogP contribution in [0.25, 0.3) is 10.9 Å². The molecule has 0 spiro atoms. The summed E-state index contributed by atoms with van der Waals surface area (Å²) in [7, 11) is 1.46. The quantitative estimate of drug-likeness (QED) is 0.854. The first-order valence-corrected chi connectivity index (χ1v) is 7.51. The van der Waals surface area contributed by atoms with Crippen LogP contribution in [0.15, 0.2) is 21.7 Å². The van der Waals surface area contributed by atoms with E-state index in [1.54, 1.807) is 6.07 Å². The fraction of sp³-hybridized carbons (Fsp3) is 0.308. The first-order valence-electron chi connectivity index (χ1n) is 6.34. The van der Waals surface area contributed by atoms with Crippen molar-refractivity contribution in [3.63, 3.8) is 0 Å². The molecule has 0 atom stereocenters. The van der Waals surface area contributed by atoms with Gasteiger partial charge in [-0.25, -0.2) is 9.78 Å². The molecule has 1 fully saturated rings. The van der Waals surface area contributed by atoms with Crippen molar-refractivity contribution in [1.82, 2.24) is 14.5 Å². The molecule has 0 bridgehead atoms. The zero-order valence-corrected chi connectivity index (χ0v) is 13.8. The zero-order valence-electron chi connectivity index (χ0n) is 11.4. The monoisotopic (exact) mass is 387 g/mol. The Kier molecular flexibility index (Phi) is 3.73. The molecule has 1 aliphatic heterocycles. The normalized spacial score (nSPS) is 15.0. The Balaban J connectivity index is 2.13. The number of methoxy groups -OCH3 is 1. The molecule has 1 aromatic heterocycles. The maximum atomic E-state index is 12.7. The molecule has 1 aliphatic rings. The number of benzene rings is 1. The maximum absolute atomic E-state index is 12.7. The molecule has 2 heterocycles. The minimum Gasteiger partial charge on any atom is -0.496 e. The van der Waals surface area contributed by atoms with E-state index in [0.29, 0.717) is 20.8 Å². The molecule has 0 saturated carbocycles. The number of ether oxygens (including phenoxy) is 1. The van der Waals surface area contributed by atoms with Crippen molar-refractivity contribution in [2.45, 2.75) is 6.04 Å². The summed E-state index contributed by atoms with van der Waals surface area (Å²) < 4.78 is 7.26. The average molecular weight is 389 g/mol. The summed E-state index contributed by atoms with van der Waals surface area (Å²) in [6, 6.07) is 1.38. The highest BCUT2D eigenvalue weighted by Gasteiger charge is 2.33. The van der Waals surface area contributed by atoms with Crippen molar-refractivity contribution >= 4 is 44.5 Å². The van der Waals surface area contributed by atoms with Crippen LogP contribution in [-0.4, -0.2) is 45.9 Å². The number of carbonyl (C=O) groups is 1. The van der Waals surface area contributed by atoms with Crippen LogP contribution in [0.1, 0.15) is 6.04 Å². The lowest BCUT2D eigenvalue weighted by molar-refractivity contribution is 0.0842. The van der Waals surface area contributed by atoms with Crippen LogP contribution < -0.4 is 10.3 Å². The van der Waals surface area contributed by atoms with Gasteiger partial charge in [-0.15, -0.1) is 0 Å². The largest absolute Gasteiger partial charge is 0.496 e. The summed E-state index contributed by atoms with van der Waals surface area (Å²) in [5, 5.41) is 9.49.